The Balaban J connectivity index is 2.31. The summed E-state index contributed by atoms with van der Waals surface area (Å²) in [6, 6.07) is 0. The molecule has 0 aromatic heterocycles. The number of nitrogens with two attached hydrogens (primary N) is 1. The van der Waals surface area contributed by atoms with E-state index in [0.29, 0.717) is 18.2 Å². The molecule has 2 N–H and O–H groups in total. The van der Waals surface area contributed by atoms with E-state index < -0.39 is 0 Å². The molecule has 88 valence electrons. The van der Waals surface area contributed by atoms with Gasteiger partial charge in [-0.05, 0) is 12.3 Å². The van der Waals surface area contributed by atoms with Crippen LogP contribution in [0.15, 0.2) is 0 Å². The van der Waals surface area contributed by atoms with Crippen LogP contribution in [0.2, 0.25) is 0 Å². The maximum atomic E-state index is 12.0. The molecule has 1 unspecified atom stereocenters. The lowest BCUT2D eigenvalue weighted by Gasteiger charge is -2.22. The number of Topliss-reactive ketones (excluding diaryl/α,β-unsaturated/α-hetero) is 1. The zero-order chi connectivity index (χ0) is 11.1. The second kappa shape index (κ2) is 7.00. The molecule has 1 saturated carbocycles. The third-order valence-corrected chi connectivity index (χ3v) is 3.59. The van der Waals surface area contributed by atoms with Crippen LogP contribution in [0.4, 0.5) is 0 Å². The fourth-order valence-electron chi connectivity index (χ4n) is 2.60. The summed E-state index contributed by atoms with van der Waals surface area (Å²) in [5.74, 6) is 1.22. The van der Waals surface area contributed by atoms with Crippen LogP contribution in [0.1, 0.15) is 58.3 Å². The highest BCUT2D eigenvalue weighted by Crippen LogP contribution is 2.27. The first-order valence-corrected chi connectivity index (χ1v) is 6.50. The average molecular weight is 211 g/mol. The maximum Gasteiger partial charge on any atom is 0.137 e. The van der Waals surface area contributed by atoms with Crippen LogP contribution in [0.25, 0.3) is 0 Å². The quantitative estimate of drug-likeness (QED) is 0.734. The van der Waals surface area contributed by atoms with Crippen LogP contribution < -0.4 is 5.73 Å². The van der Waals surface area contributed by atoms with Gasteiger partial charge in [-0.15, -0.1) is 0 Å². The van der Waals surface area contributed by atoms with E-state index >= 15 is 0 Å². The number of carbonyl (C=O) groups excluding carboxylic acids is 1. The molecule has 0 saturated heterocycles. The van der Waals surface area contributed by atoms with Gasteiger partial charge in [-0.3, -0.25) is 4.79 Å². The van der Waals surface area contributed by atoms with Gasteiger partial charge < -0.3 is 5.73 Å². The monoisotopic (exact) mass is 211 g/mol. The van der Waals surface area contributed by atoms with E-state index in [2.05, 4.69) is 6.92 Å². The van der Waals surface area contributed by atoms with Crippen molar-refractivity contribution in [2.24, 2.45) is 17.6 Å². The molecular formula is C13H25NO. The Morgan fingerprint density at radius 3 is 2.53 bits per heavy atom. The Hall–Kier alpha value is -0.370. The highest BCUT2D eigenvalue weighted by Gasteiger charge is 2.21. The van der Waals surface area contributed by atoms with Crippen LogP contribution in [-0.2, 0) is 4.79 Å². The van der Waals surface area contributed by atoms with Gasteiger partial charge in [-0.2, -0.15) is 0 Å². The standard InChI is InChI=1S/C13H25NO/c1-2-6-12(10-14)13(15)9-11-7-4-3-5-8-11/h11-12H,2-10,14H2,1H3. The van der Waals surface area contributed by atoms with Crippen LogP contribution in [0, 0.1) is 11.8 Å². The summed E-state index contributed by atoms with van der Waals surface area (Å²) in [4.78, 5) is 12.0. The third-order valence-electron chi connectivity index (χ3n) is 3.59. The highest BCUT2D eigenvalue weighted by molar-refractivity contribution is 5.81. The van der Waals surface area contributed by atoms with Crippen molar-refractivity contribution >= 4 is 5.78 Å². The smallest absolute Gasteiger partial charge is 0.137 e. The third kappa shape index (κ3) is 4.33. The van der Waals surface area contributed by atoms with Crippen molar-refractivity contribution in [1.29, 1.82) is 0 Å². The molecule has 2 heteroatoms. The van der Waals surface area contributed by atoms with Crippen molar-refractivity contribution in [2.75, 3.05) is 6.54 Å². The van der Waals surface area contributed by atoms with Crippen LogP contribution in [0.3, 0.4) is 0 Å². The van der Waals surface area contributed by atoms with Crippen LogP contribution in [0.5, 0.6) is 0 Å². The van der Waals surface area contributed by atoms with E-state index in [1.807, 2.05) is 0 Å². The average Bonchev–Trinajstić information content (AvgIpc) is 2.27. The Morgan fingerprint density at radius 1 is 1.33 bits per heavy atom. The topological polar surface area (TPSA) is 43.1 Å². The van der Waals surface area contributed by atoms with Gasteiger partial charge in [-0.25, -0.2) is 0 Å². The predicted molar refractivity (Wildman–Crippen MR) is 63.7 cm³/mol. The van der Waals surface area contributed by atoms with Gasteiger partial charge in [0.1, 0.15) is 5.78 Å². The van der Waals surface area contributed by atoms with Crippen LogP contribution in [-0.4, -0.2) is 12.3 Å². The molecule has 0 amide bonds. The molecule has 1 aliphatic rings. The summed E-state index contributed by atoms with van der Waals surface area (Å²) in [6.45, 7) is 2.66. The van der Waals surface area contributed by atoms with Gasteiger partial charge in [0.2, 0.25) is 0 Å². The van der Waals surface area contributed by atoms with Gasteiger partial charge in [0, 0.05) is 18.9 Å². The molecule has 1 rings (SSSR count). The predicted octanol–water partition coefficient (Wildman–Crippen LogP) is 2.90. The SMILES string of the molecule is CCCC(CN)C(=O)CC1CCCCC1. The number of hydrogen-bond acceptors (Lipinski definition) is 2. The van der Waals surface area contributed by atoms with E-state index in [1.54, 1.807) is 0 Å². The molecule has 1 aliphatic carbocycles. The zero-order valence-corrected chi connectivity index (χ0v) is 10.0. The van der Waals surface area contributed by atoms with Crippen molar-refractivity contribution in [1.82, 2.24) is 0 Å². The maximum absolute atomic E-state index is 12.0. The summed E-state index contributed by atoms with van der Waals surface area (Å²) >= 11 is 0. The fourth-order valence-corrected chi connectivity index (χ4v) is 2.60. The Kier molecular flexibility index (Phi) is 5.92. The summed E-state index contributed by atoms with van der Waals surface area (Å²) in [5, 5.41) is 0. The van der Waals surface area contributed by atoms with E-state index in [4.69, 9.17) is 5.73 Å². The summed E-state index contributed by atoms with van der Waals surface area (Å²) in [6.07, 6.45) is 9.35. The largest absolute Gasteiger partial charge is 0.330 e. The molecule has 15 heavy (non-hydrogen) atoms. The molecular weight excluding hydrogens is 186 g/mol. The van der Waals surface area contributed by atoms with Gasteiger partial charge in [-0.1, -0.05) is 45.4 Å². The van der Waals surface area contributed by atoms with E-state index in [9.17, 15) is 4.79 Å². The number of rotatable bonds is 6. The molecule has 0 aromatic carbocycles. The van der Waals surface area contributed by atoms with Gasteiger partial charge >= 0.3 is 0 Å². The first kappa shape index (κ1) is 12.7. The number of carbonyl (C=O) groups is 1. The molecule has 0 radical (unpaired) electrons. The molecule has 1 atom stereocenters. The van der Waals surface area contributed by atoms with Crippen molar-refractivity contribution in [3.8, 4) is 0 Å². The molecule has 0 heterocycles. The van der Waals surface area contributed by atoms with Crippen LogP contribution >= 0.6 is 0 Å². The van der Waals surface area contributed by atoms with E-state index in [0.717, 1.165) is 19.3 Å². The zero-order valence-electron chi connectivity index (χ0n) is 10.0. The lowest BCUT2D eigenvalue weighted by Crippen LogP contribution is -2.26. The first-order chi connectivity index (χ1) is 7.27. The second-order valence-corrected chi connectivity index (χ2v) is 4.90. The Morgan fingerprint density at radius 2 is 2.00 bits per heavy atom. The first-order valence-electron chi connectivity index (χ1n) is 6.50. The summed E-state index contributed by atoms with van der Waals surface area (Å²) in [5.41, 5.74) is 5.64. The van der Waals surface area contributed by atoms with Crippen molar-refractivity contribution < 1.29 is 4.79 Å². The molecule has 0 aliphatic heterocycles. The Bertz CT molecular complexity index is 185. The minimum atomic E-state index is 0.136. The number of ketones is 1. The molecule has 0 bridgehead atoms. The Labute approximate surface area is 93.6 Å². The number of hydrogen-bond donors (Lipinski definition) is 1. The molecule has 1 fully saturated rings. The van der Waals surface area contributed by atoms with Crippen molar-refractivity contribution in [2.45, 2.75) is 58.3 Å². The van der Waals surface area contributed by atoms with Crippen molar-refractivity contribution in [3.63, 3.8) is 0 Å². The van der Waals surface area contributed by atoms with Gasteiger partial charge in [0.25, 0.3) is 0 Å². The summed E-state index contributed by atoms with van der Waals surface area (Å²) in [7, 11) is 0. The van der Waals surface area contributed by atoms with Crippen molar-refractivity contribution in [3.05, 3.63) is 0 Å². The second-order valence-electron chi connectivity index (χ2n) is 4.90. The van der Waals surface area contributed by atoms with Gasteiger partial charge in [0.05, 0.1) is 0 Å². The lowest BCUT2D eigenvalue weighted by atomic mass is 9.83. The van der Waals surface area contributed by atoms with Gasteiger partial charge in [0.15, 0.2) is 0 Å². The highest BCUT2D eigenvalue weighted by atomic mass is 16.1. The van der Waals surface area contributed by atoms with E-state index in [-0.39, 0.29) is 5.92 Å². The fraction of sp³-hybridized carbons (Fsp3) is 0.923. The molecule has 0 aromatic rings. The minimum Gasteiger partial charge on any atom is -0.330 e. The minimum absolute atomic E-state index is 0.136. The molecule has 0 spiro atoms. The normalized spacial score (nSPS) is 20.1. The van der Waals surface area contributed by atoms with E-state index in [1.165, 1.54) is 32.1 Å². The summed E-state index contributed by atoms with van der Waals surface area (Å²) < 4.78 is 0. The molecule has 2 nitrogen and oxygen atoms in total. The lowest BCUT2D eigenvalue weighted by molar-refractivity contribution is -0.124.